The summed E-state index contributed by atoms with van der Waals surface area (Å²) in [6.45, 7) is 4.27. The van der Waals surface area contributed by atoms with Gasteiger partial charge >= 0.3 is 0 Å². The lowest BCUT2D eigenvalue weighted by Crippen LogP contribution is -2.32. The van der Waals surface area contributed by atoms with Crippen LogP contribution >= 0.6 is 0 Å². The van der Waals surface area contributed by atoms with Crippen LogP contribution in [0.15, 0.2) is 29.4 Å². The third-order valence-corrected chi connectivity index (χ3v) is 3.08. The summed E-state index contributed by atoms with van der Waals surface area (Å²) in [4.78, 5) is 22.7. The van der Waals surface area contributed by atoms with Crippen molar-refractivity contribution in [3.63, 3.8) is 0 Å². The molecule has 0 aromatic heterocycles. The minimum absolute atomic E-state index is 0.0553. The van der Waals surface area contributed by atoms with Crippen LogP contribution in [0.2, 0.25) is 0 Å². The van der Waals surface area contributed by atoms with Gasteiger partial charge in [-0.25, -0.2) is 5.43 Å². The first-order chi connectivity index (χ1) is 10.0. The van der Waals surface area contributed by atoms with E-state index in [1.165, 1.54) is 0 Å². The van der Waals surface area contributed by atoms with Gasteiger partial charge in [0.05, 0.1) is 12.3 Å². The van der Waals surface area contributed by atoms with E-state index in [4.69, 9.17) is 0 Å². The zero-order valence-electron chi connectivity index (χ0n) is 12.3. The van der Waals surface area contributed by atoms with Gasteiger partial charge in [-0.3, -0.25) is 9.59 Å². The fourth-order valence-corrected chi connectivity index (χ4v) is 1.93. The van der Waals surface area contributed by atoms with Crippen molar-refractivity contribution in [1.29, 1.82) is 0 Å². The van der Waals surface area contributed by atoms with Crippen LogP contribution in [0.1, 0.15) is 32.3 Å². The van der Waals surface area contributed by atoms with Crippen LogP contribution in [0.4, 0.5) is 5.69 Å². The van der Waals surface area contributed by atoms with Crippen molar-refractivity contribution in [2.75, 3.05) is 11.9 Å². The van der Waals surface area contributed by atoms with E-state index in [-0.39, 0.29) is 24.4 Å². The predicted octanol–water partition coefficient (Wildman–Crippen LogP) is 1.24. The molecule has 0 unspecified atom stereocenters. The summed E-state index contributed by atoms with van der Waals surface area (Å²) in [7, 11) is 0. The molecule has 0 radical (unpaired) electrons. The Morgan fingerprint density at radius 1 is 1.29 bits per heavy atom. The third-order valence-electron chi connectivity index (χ3n) is 3.08. The Kier molecular flexibility index (Phi) is 5.05. The zero-order chi connectivity index (χ0) is 15.2. The van der Waals surface area contributed by atoms with Crippen LogP contribution in [-0.4, -0.2) is 30.1 Å². The smallest absolute Gasteiger partial charge is 0.240 e. The molecule has 0 saturated heterocycles. The maximum Gasteiger partial charge on any atom is 0.240 e. The minimum atomic E-state index is -0.0706. The van der Waals surface area contributed by atoms with Crippen molar-refractivity contribution in [3.05, 3.63) is 29.8 Å². The molecule has 6 nitrogen and oxygen atoms in total. The minimum Gasteiger partial charge on any atom is -0.325 e. The Morgan fingerprint density at radius 3 is 2.57 bits per heavy atom. The average Bonchev–Trinajstić information content (AvgIpc) is 2.47. The van der Waals surface area contributed by atoms with E-state index in [1.807, 2.05) is 38.1 Å². The SMILES string of the molecule is CC(C)NCC(=O)Nc1ccc(C2=NNC(=O)CC2)cc1. The Bertz CT molecular complexity index is 549. The van der Waals surface area contributed by atoms with Gasteiger partial charge in [0, 0.05) is 24.6 Å². The summed E-state index contributed by atoms with van der Waals surface area (Å²) in [6.07, 6.45) is 1.09. The summed E-state index contributed by atoms with van der Waals surface area (Å²) in [5, 5.41) is 9.92. The first-order valence-corrected chi connectivity index (χ1v) is 7.03. The van der Waals surface area contributed by atoms with Crippen LogP contribution in [-0.2, 0) is 9.59 Å². The van der Waals surface area contributed by atoms with Crippen molar-refractivity contribution in [1.82, 2.24) is 10.7 Å². The maximum absolute atomic E-state index is 11.7. The van der Waals surface area contributed by atoms with E-state index in [2.05, 4.69) is 21.2 Å². The molecule has 2 amide bonds. The van der Waals surface area contributed by atoms with Crippen molar-refractivity contribution in [2.24, 2.45) is 5.10 Å². The molecule has 1 aromatic rings. The summed E-state index contributed by atoms with van der Waals surface area (Å²) >= 11 is 0. The number of hydrazone groups is 1. The monoisotopic (exact) mass is 288 g/mol. The highest BCUT2D eigenvalue weighted by atomic mass is 16.2. The highest BCUT2D eigenvalue weighted by molar-refractivity contribution is 6.04. The van der Waals surface area contributed by atoms with E-state index in [1.54, 1.807) is 0 Å². The second kappa shape index (κ2) is 6.99. The topological polar surface area (TPSA) is 82.6 Å². The van der Waals surface area contributed by atoms with Crippen molar-refractivity contribution in [3.8, 4) is 0 Å². The van der Waals surface area contributed by atoms with Gasteiger partial charge in [-0.1, -0.05) is 26.0 Å². The first-order valence-electron chi connectivity index (χ1n) is 7.03. The maximum atomic E-state index is 11.7. The number of rotatable bonds is 5. The molecule has 0 spiro atoms. The summed E-state index contributed by atoms with van der Waals surface area (Å²) in [6, 6.07) is 7.73. The van der Waals surface area contributed by atoms with Crippen molar-refractivity contribution >= 4 is 23.2 Å². The largest absolute Gasteiger partial charge is 0.325 e. The Morgan fingerprint density at radius 2 is 2.00 bits per heavy atom. The van der Waals surface area contributed by atoms with Crippen LogP contribution in [0.5, 0.6) is 0 Å². The molecule has 21 heavy (non-hydrogen) atoms. The molecule has 1 aliphatic heterocycles. The molecule has 3 N–H and O–H groups in total. The number of amides is 2. The third kappa shape index (κ3) is 4.68. The van der Waals surface area contributed by atoms with Gasteiger partial charge in [0.2, 0.25) is 11.8 Å². The van der Waals surface area contributed by atoms with Crippen LogP contribution in [0.3, 0.4) is 0 Å². The molecule has 1 heterocycles. The molecule has 1 aliphatic rings. The first kappa shape index (κ1) is 15.2. The zero-order valence-corrected chi connectivity index (χ0v) is 12.3. The predicted molar refractivity (Wildman–Crippen MR) is 82.1 cm³/mol. The Labute approximate surface area is 124 Å². The number of carbonyl (C=O) groups excluding carboxylic acids is 2. The number of hydrogen-bond donors (Lipinski definition) is 3. The quantitative estimate of drug-likeness (QED) is 0.762. The van der Waals surface area contributed by atoms with Crippen molar-refractivity contribution in [2.45, 2.75) is 32.7 Å². The lowest BCUT2D eigenvalue weighted by atomic mass is 10.0. The van der Waals surface area contributed by atoms with Crippen LogP contribution in [0.25, 0.3) is 0 Å². The number of nitrogens with zero attached hydrogens (tertiary/aromatic N) is 1. The standard InChI is InChI=1S/C15H20N4O2/c1-10(2)16-9-15(21)17-12-5-3-11(4-6-12)13-7-8-14(20)19-18-13/h3-6,10,16H,7-9H2,1-2H3,(H,17,21)(H,19,20). The van der Waals surface area contributed by atoms with Gasteiger partial charge in [0.15, 0.2) is 0 Å². The number of hydrogen-bond acceptors (Lipinski definition) is 4. The highest BCUT2D eigenvalue weighted by Gasteiger charge is 2.13. The van der Waals surface area contributed by atoms with E-state index < -0.39 is 0 Å². The molecule has 0 atom stereocenters. The lowest BCUT2D eigenvalue weighted by Gasteiger charge is -2.13. The van der Waals surface area contributed by atoms with E-state index in [0.717, 1.165) is 17.0 Å². The molecule has 0 saturated carbocycles. The molecule has 2 rings (SSSR count). The van der Waals surface area contributed by atoms with Crippen LogP contribution in [0, 0.1) is 0 Å². The number of anilines is 1. The van der Waals surface area contributed by atoms with E-state index in [0.29, 0.717) is 12.8 Å². The molecule has 0 bridgehead atoms. The fourth-order valence-electron chi connectivity index (χ4n) is 1.93. The normalized spacial score (nSPS) is 14.6. The molecular formula is C15H20N4O2. The van der Waals surface area contributed by atoms with Gasteiger partial charge in [0.1, 0.15) is 0 Å². The van der Waals surface area contributed by atoms with Gasteiger partial charge in [-0.15, -0.1) is 0 Å². The fraction of sp³-hybridized carbons (Fsp3) is 0.400. The summed E-state index contributed by atoms with van der Waals surface area (Å²) in [5.41, 5.74) is 5.03. The molecule has 6 heteroatoms. The van der Waals surface area contributed by atoms with E-state index >= 15 is 0 Å². The van der Waals surface area contributed by atoms with Gasteiger partial charge < -0.3 is 10.6 Å². The number of nitrogens with one attached hydrogen (secondary N) is 3. The molecule has 0 fully saturated rings. The number of carbonyl (C=O) groups is 2. The second-order valence-electron chi connectivity index (χ2n) is 5.25. The highest BCUT2D eigenvalue weighted by Crippen LogP contribution is 2.14. The molecule has 112 valence electrons. The molecular weight excluding hydrogens is 268 g/mol. The van der Waals surface area contributed by atoms with Gasteiger partial charge in [-0.2, -0.15) is 5.10 Å². The average molecular weight is 288 g/mol. The molecule has 1 aromatic carbocycles. The van der Waals surface area contributed by atoms with Gasteiger partial charge in [-0.05, 0) is 17.7 Å². The number of benzene rings is 1. The summed E-state index contributed by atoms with van der Waals surface area (Å²) < 4.78 is 0. The molecule has 0 aliphatic carbocycles. The van der Waals surface area contributed by atoms with Crippen LogP contribution < -0.4 is 16.1 Å². The van der Waals surface area contributed by atoms with Crippen molar-refractivity contribution < 1.29 is 9.59 Å². The van der Waals surface area contributed by atoms with Gasteiger partial charge in [0.25, 0.3) is 0 Å². The second-order valence-corrected chi connectivity index (χ2v) is 5.25. The Hall–Kier alpha value is -2.21. The Balaban J connectivity index is 1.93. The van der Waals surface area contributed by atoms with E-state index in [9.17, 15) is 9.59 Å². The lowest BCUT2D eigenvalue weighted by molar-refractivity contribution is -0.121. The summed E-state index contributed by atoms with van der Waals surface area (Å²) in [5.74, 6) is -0.126.